The van der Waals surface area contributed by atoms with Gasteiger partial charge in [-0.15, -0.1) is 0 Å². The van der Waals surface area contributed by atoms with Crippen molar-refractivity contribution in [1.29, 1.82) is 0 Å². The number of carboxylic acids is 1. The lowest BCUT2D eigenvalue weighted by atomic mass is 9.76. The number of aryl methyl sites for hydroxylation is 1. The number of carbonyl (C=O) groups excluding carboxylic acids is 1. The van der Waals surface area contributed by atoms with Gasteiger partial charge < -0.3 is 16.2 Å². The number of hydrogen-bond donors (Lipinski definition) is 3. The number of rotatable bonds is 4. The van der Waals surface area contributed by atoms with Crippen LogP contribution in [-0.2, 0) is 4.79 Å². The Kier molecular flexibility index (Phi) is 4.16. The molecule has 2 atom stereocenters. The highest BCUT2D eigenvalue weighted by Gasteiger charge is 2.42. The fourth-order valence-corrected chi connectivity index (χ4v) is 3.10. The first kappa shape index (κ1) is 15.3. The summed E-state index contributed by atoms with van der Waals surface area (Å²) >= 11 is 0. The van der Waals surface area contributed by atoms with Gasteiger partial charge in [-0.05, 0) is 37.3 Å². The van der Waals surface area contributed by atoms with E-state index >= 15 is 0 Å². The van der Waals surface area contributed by atoms with E-state index in [9.17, 15) is 14.7 Å². The van der Waals surface area contributed by atoms with Crippen molar-refractivity contribution in [2.75, 3.05) is 5.32 Å². The predicted molar refractivity (Wildman–Crippen MR) is 79.1 cm³/mol. The van der Waals surface area contributed by atoms with E-state index in [0.717, 1.165) is 12.8 Å². The Morgan fingerprint density at radius 1 is 1.52 bits per heavy atom. The molecule has 0 saturated heterocycles. The van der Waals surface area contributed by atoms with Gasteiger partial charge in [0.15, 0.2) is 0 Å². The predicted octanol–water partition coefficient (Wildman–Crippen LogP) is 1.93. The van der Waals surface area contributed by atoms with E-state index in [2.05, 4.69) is 10.3 Å². The molecule has 0 aromatic carbocycles. The van der Waals surface area contributed by atoms with Crippen molar-refractivity contribution in [2.24, 2.45) is 11.7 Å². The van der Waals surface area contributed by atoms with Crippen LogP contribution >= 0.6 is 0 Å². The Morgan fingerprint density at radius 2 is 2.24 bits per heavy atom. The van der Waals surface area contributed by atoms with E-state index in [4.69, 9.17) is 5.73 Å². The van der Waals surface area contributed by atoms with Crippen LogP contribution in [0.3, 0.4) is 0 Å². The molecule has 0 radical (unpaired) electrons. The van der Waals surface area contributed by atoms with Crippen LogP contribution in [0.5, 0.6) is 0 Å². The Morgan fingerprint density at radius 3 is 2.81 bits per heavy atom. The first-order valence-corrected chi connectivity index (χ1v) is 7.13. The van der Waals surface area contributed by atoms with Gasteiger partial charge >= 0.3 is 5.97 Å². The molecule has 4 N–H and O–H groups in total. The van der Waals surface area contributed by atoms with Crippen molar-refractivity contribution in [3.63, 3.8) is 0 Å². The normalized spacial score (nSPS) is 25.3. The molecule has 1 amide bonds. The standard InChI is InChI=1S/C15H21N3O3/c1-9-4-3-6-15(8-9,14(20)21)18-13-11(12(16)19)10(2)5-7-17-13/h5,7,9H,3-4,6,8H2,1-2H3,(H2,16,19)(H,17,18)(H,20,21). The fraction of sp³-hybridized carbons (Fsp3) is 0.533. The molecule has 1 saturated carbocycles. The van der Waals surface area contributed by atoms with Gasteiger partial charge in [0, 0.05) is 6.20 Å². The zero-order chi connectivity index (χ0) is 15.6. The summed E-state index contributed by atoms with van der Waals surface area (Å²) in [4.78, 5) is 27.5. The van der Waals surface area contributed by atoms with Crippen molar-refractivity contribution in [1.82, 2.24) is 4.98 Å². The van der Waals surface area contributed by atoms with E-state index in [1.807, 2.05) is 6.92 Å². The van der Waals surface area contributed by atoms with Crippen molar-refractivity contribution in [3.8, 4) is 0 Å². The Labute approximate surface area is 123 Å². The van der Waals surface area contributed by atoms with Crippen molar-refractivity contribution in [3.05, 3.63) is 23.4 Å². The second-order valence-corrected chi connectivity index (χ2v) is 5.93. The number of primary amides is 1. The van der Waals surface area contributed by atoms with Gasteiger partial charge in [0.1, 0.15) is 11.4 Å². The first-order valence-electron chi connectivity index (χ1n) is 7.13. The number of carbonyl (C=O) groups is 2. The number of amides is 1. The summed E-state index contributed by atoms with van der Waals surface area (Å²) in [6.07, 6.45) is 4.42. The largest absolute Gasteiger partial charge is 0.480 e. The number of nitrogens with two attached hydrogens (primary N) is 1. The monoisotopic (exact) mass is 291 g/mol. The second-order valence-electron chi connectivity index (χ2n) is 5.93. The summed E-state index contributed by atoms with van der Waals surface area (Å²) in [6, 6.07) is 1.68. The average Bonchev–Trinajstić information content (AvgIpc) is 2.38. The maximum absolute atomic E-state index is 11.8. The molecule has 0 bridgehead atoms. The number of pyridine rings is 1. The lowest BCUT2D eigenvalue weighted by molar-refractivity contribution is -0.144. The molecule has 1 aromatic rings. The smallest absolute Gasteiger partial charge is 0.329 e. The van der Waals surface area contributed by atoms with Gasteiger partial charge in [-0.2, -0.15) is 0 Å². The molecule has 6 heteroatoms. The molecule has 0 aliphatic heterocycles. The molecule has 1 heterocycles. The molecular formula is C15H21N3O3. The van der Waals surface area contributed by atoms with Gasteiger partial charge in [0.05, 0.1) is 5.56 Å². The van der Waals surface area contributed by atoms with Crippen molar-refractivity contribution >= 4 is 17.7 Å². The minimum Gasteiger partial charge on any atom is -0.480 e. The molecular weight excluding hydrogens is 270 g/mol. The molecule has 0 spiro atoms. The summed E-state index contributed by atoms with van der Waals surface area (Å²) in [7, 11) is 0. The van der Waals surface area contributed by atoms with Crippen molar-refractivity contribution in [2.45, 2.75) is 45.1 Å². The summed E-state index contributed by atoms with van der Waals surface area (Å²) < 4.78 is 0. The van der Waals surface area contributed by atoms with Crippen LogP contribution in [0.2, 0.25) is 0 Å². The Balaban J connectivity index is 2.41. The third-order valence-electron chi connectivity index (χ3n) is 4.17. The van der Waals surface area contributed by atoms with Gasteiger partial charge in [0.2, 0.25) is 0 Å². The van der Waals surface area contributed by atoms with Gasteiger partial charge in [-0.3, -0.25) is 4.79 Å². The molecule has 1 fully saturated rings. The third kappa shape index (κ3) is 2.99. The first-order chi connectivity index (χ1) is 9.85. The minimum absolute atomic E-state index is 0.261. The van der Waals surface area contributed by atoms with Crippen LogP contribution in [0.25, 0.3) is 0 Å². The van der Waals surface area contributed by atoms with Gasteiger partial charge in [-0.1, -0.05) is 19.8 Å². The number of aliphatic carboxylic acids is 1. The Hall–Kier alpha value is -2.11. The number of nitrogens with zero attached hydrogens (tertiary/aromatic N) is 1. The summed E-state index contributed by atoms with van der Waals surface area (Å²) in [5, 5.41) is 12.7. The minimum atomic E-state index is -1.08. The maximum Gasteiger partial charge on any atom is 0.329 e. The average molecular weight is 291 g/mol. The van der Waals surface area contributed by atoms with E-state index in [1.165, 1.54) is 0 Å². The highest BCUT2D eigenvalue weighted by atomic mass is 16.4. The molecule has 21 heavy (non-hydrogen) atoms. The second kappa shape index (κ2) is 5.71. The van der Waals surface area contributed by atoms with Gasteiger partial charge in [0.25, 0.3) is 5.91 Å². The van der Waals surface area contributed by atoms with Crippen LogP contribution in [0, 0.1) is 12.8 Å². The number of nitrogens with one attached hydrogen (secondary N) is 1. The molecule has 2 unspecified atom stereocenters. The molecule has 2 rings (SSSR count). The maximum atomic E-state index is 11.8. The zero-order valence-corrected chi connectivity index (χ0v) is 12.3. The molecule has 6 nitrogen and oxygen atoms in total. The highest BCUT2D eigenvalue weighted by Crippen LogP contribution is 2.35. The highest BCUT2D eigenvalue weighted by molar-refractivity contribution is 5.99. The molecule has 1 aliphatic carbocycles. The van der Waals surface area contributed by atoms with Crippen LogP contribution in [0.4, 0.5) is 5.82 Å². The molecule has 1 aromatic heterocycles. The fourth-order valence-electron chi connectivity index (χ4n) is 3.10. The van der Waals surface area contributed by atoms with E-state index < -0.39 is 17.4 Å². The van der Waals surface area contributed by atoms with E-state index in [0.29, 0.717) is 24.3 Å². The van der Waals surface area contributed by atoms with Crippen LogP contribution < -0.4 is 11.1 Å². The molecule has 1 aliphatic rings. The van der Waals surface area contributed by atoms with Crippen molar-refractivity contribution < 1.29 is 14.7 Å². The quantitative estimate of drug-likeness (QED) is 0.786. The summed E-state index contributed by atoms with van der Waals surface area (Å²) in [6.45, 7) is 3.79. The lowest BCUT2D eigenvalue weighted by Gasteiger charge is -2.37. The number of anilines is 1. The SMILES string of the molecule is Cc1ccnc(NC2(C(=O)O)CCCC(C)C2)c1C(N)=O. The van der Waals surface area contributed by atoms with Gasteiger partial charge in [-0.25, -0.2) is 9.78 Å². The number of aromatic nitrogens is 1. The number of hydrogen-bond acceptors (Lipinski definition) is 4. The molecule has 114 valence electrons. The lowest BCUT2D eigenvalue weighted by Crippen LogP contribution is -2.50. The van der Waals surface area contributed by atoms with E-state index in [1.54, 1.807) is 19.2 Å². The summed E-state index contributed by atoms with van der Waals surface area (Å²) in [5.41, 5.74) is 5.27. The topological polar surface area (TPSA) is 105 Å². The summed E-state index contributed by atoms with van der Waals surface area (Å²) in [5.74, 6) is -0.941. The Bertz CT molecular complexity index is 573. The van der Waals surface area contributed by atoms with Crippen LogP contribution in [0.1, 0.15) is 48.5 Å². The van der Waals surface area contributed by atoms with Crippen LogP contribution in [0.15, 0.2) is 12.3 Å². The third-order valence-corrected chi connectivity index (χ3v) is 4.17. The van der Waals surface area contributed by atoms with E-state index in [-0.39, 0.29) is 11.4 Å². The van der Waals surface area contributed by atoms with Crippen LogP contribution in [-0.4, -0.2) is 27.5 Å². The number of carboxylic acid groups (broad SMARTS) is 1. The zero-order valence-electron chi connectivity index (χ0n) is 12.3.